The number of phenolic OH excluding ortho intramolecular Hbond substituents is 2. The van der Waals surface area contributed by atoms with Crippen LogP contribution in [0, 0.1) is 0 Å². The van der Waals surface area contributed by atoms with Crippen molar-refractivity contribution < 1.29 is 34.8 Å². The van der Waals surface area contributed by atoms with Gasteiger partial charge in [-0.15, -0.1) is 0 Å². The lowest BCUT2D eigenvalue weighted by atomic mass is 9.85. The van der Waals surface area contributed by atoms with E-state index >= 15 is 0 Å². The Morgan fingerprint density at radius 1 is 1.13 bits per heavy atom. The average molecular weight is 418 g/mol. The quantitative estimate of drug-likeness (QED) is 0.368. The summed E-state index contributed by atoms with van der Waals surface area (Å²) in [7, 11) is 0. The number of carboxylic acid groups (broad SMARTS) is 1. The highest BCUT2D eigenvalue weighted by Crippen LogP contribution is 2.35. The first kappa shape index (κ1) is 23.1. The molecule has 0 aromatic heterocycles. The second kappa shape index (κ2) is 10.0. The van der Waals surface area contributed by atoms with E-state index in [1.165, 1.54) is 4.90 Å². The van der Waals surface area contributed by atoms with E-state index in [0.717, 1.165) is 36.9 Å². The van der Waals surface area contributed by atoms with Gasteiger partial charge in [-0.3, -0.25) is 9.59 Å². The molecule has 0 radical (unpaired) electrons. The molecule has 1 saturated heterocycles. The zero-order chi connectivity index (χ0) is 22.4. The number of piperazine rings is 1. The third-order valence-corrected chi connectivity index (χ3v) is 4.68. The summed E-state index contributed by atoms with van der Waals surface area (Å²) in [4.78, 5) is 36.0. The number of aromatic hydroxyl groups is 2. The standard InChI is InChI=1S/C16H16O5.C5H10N2O2/c1-8(2)3-4-10(17)9-7-13(20)14-11(18)5-6-12(19)15(14)16(9)21;8-5(9)7-3-1-6-2-4-7/h3,5-7,10,17-19H,4H2,1-2H3;6H,1-4H2,(H,8,9)/t10-;/m1./s1. The van der Waals surface area contributed by atoms with Gasteiger partial charge in [-0.2, -0.15) is 0 Å². The first-order chi connectivity index (χ1) is 14.1. The number of nitrogens with one attached hydrogen (secondary N) is 1. The van der Waals surface area contributed by atoms with E-state index in [4.69, 9.17) is 5.11 Å². The number of allylic oxidation sites excluding steroid dienone is 2. The van der Waals surface area contributed by atoms with Gasteiger partial charge in [0, 0.05) is 31.8 Å². The van der Waals surface area contributed by atoms with E-state index in [1.807, 2.05) is 13.8 Å². The van der Waals surface area contributed by atoms with Gasteiger partial charge in [0.1, 0.15) is 11.5 Å². The molecule has 30 heavy (non-hydrogen) atoms. The van der Waals surface area contributed by atoms with E-state index in [1.54, 1.807) is 6.08 Å². The number of fused-ring (bicyclic) bond motifs is 1. The molecule has 9 nitrogen and oxygen atoms in total. The summed E-state index contributed by atoms with van der Waals surface area (Å²) in [5.74, 6) is -2.01. The van der Waals surface area contributed by atoms with Gasteiger partial charge in [0.15, 0.2) is 11.6 Å². The third-order valence-electron chi connectivity index (χ3n) is 4.68. The summed E-state index contributed by atoms with van der Waals surface area (Å²) in [5.41, 5.74) is 0.419. The molecule has 0 saturated carbocycles. The minimum Gasteiger partial charge on any atom is -0.507 e. The van der Waals surface area contributed by atoms with Crippen LogP contribution in [0.3, 0.4) is 0 Å². The Bertz CT molecular complexity index is 895. The highest BCUT2D eigenvalue weighted by Gasteiger charge is 2.33. The SMILES string of the molecule is CC(C)=CC[C@@H](O)C1=CC(=O)c2c(O)ccc(O)c2C1=O.O=C(O)N1CCNCC1. The van der Waals surface area contributed by atoms with Gasteiger partial charge in [-0.05, 0) is 38.5 Å². The van der Waals surface area contributed by atoms with Crippen molar-refractivity contribution in [3.63, 3.8) is 0 Å². The predicted octanol–water partition coefficient (Wildman–Crippen LogP) is 1.69. The lowest BCUT2D eigenvalue weighted by Crippen LogP contribution is -2.45. The van der Waals surface area contributed by atoms with Crippen LogP contribution in [0.15, 0.2) is 35.4 Å². The van der Waals surface area contributed by atoms with Crippen LogP contribution in [-0.4, -0.2) is 75.3 Å². The van der Waals surface area contributed by atoms with Crippen molar-refractivity contribution in [1.29, 1.82) is 0 Å². The highest BCUT2D eigenvalue weighted by atomic mass is 16.4. The zero-order valence-corrected chi connectivity index (χ0v) is 16.9. The summed E-state index contributed by atoms with van der Waals surface area (Å²) in [6, 6.07) is 2.29. The van der Waals surface area contributed by atoms with Gasteiger partial charge in [-0.1, -0.05) is 11.6 Å². The van der Waals surface area contributed by atoms with Crippen LogP contribution in [0.2, 0.25) is 0 Å². The number of phenols is 2. The molecule has 3 rings (SSSR count). The van der Waals surface area contributed by atoms with E-state index in [0.29, 0.717) is 13.1 Å². The molecule has 0 unspecified atom stereocenters. The number of nitrogens with zero attached hydrogens (tertiary/aromatic N) is 1. The minimum absolute atomic E-state index is 0.0779. The number of amides is 1. The number of rotatable bonds is 3. The summed E-state index contributed by atoms with van der Waals surface area (Å²) in [6.45, 7) is 6.52. The van der Waals surface area contributed by atoms with E-state index in [9.17, 15) is 29.7 Å². The normalized spacial score (nSPS) is 16.6. The molecule has 1 heterocycles. The lowest BCUT2D eigenvalue weighted by Gasteiger charge is -2.23. The number of hydrogen-bond donors (Lipinski definition) is 5. The molecule has 5 N–H and O–H groups in total. The number of aliphatic hydroxyl groups excluding tert-OH is 1. The topological polar surface area (TPSA) is 147 Å². The summed E-state index contributed by atoms with van der Waals surface area (Å²) in [5, 5.41) is 41.0. The van der Waals surface area contributed by atoms with Gasteiger partial charge >= 0.3 is 6.09 Å². The minimum atomic E-state index is -1.13. The Hall–Kier alpha value is -3.17. The van der Waals surface area contributed by atoms with Gasteiger partial charge < -0.3 is 30.6 Å². The first-order valence-electron chi connectivity index (χ1n) is 9.49. The molecular formula is C21H26N2O7. The molecule has 0 bridgehead atoms. The first-order valence-corrected chi connectivity index (χ1v) is 9.49. The highest BCUT2D eigenvalue weighted by molar-refractivity contribution is 6.26. The van der Waals surface area contributed by atoms with Crippen LogP contribution >= 0.6 is 0 Å². The molecule has 162 valence electrons. The van der Waals surface area contributed by atoms with Crippen molar-refractivity contribution in [2.24, 2.45) is 0 Å². The molecule has 0 spiro atoms. The van der Waals surface area contributed by atoms with Crippen LogP contribution < -0.4 is 5.32 Å². The van der Waals surface area contributed by atoms with Crippen molar-refractivity contribution in [2.75, 3.05) is 26.2 Å². The molecule has 9 heteroatoms. The number of carbonyl (C=O) groups excluding carboxylic acids is 2. The average Bonchev–Trinajstić information content (AvgIpc) is 2.71. The maximum atomic E-state index is 12.3. The second-order valence-corrected chi connectivity index (χ2v) is 7.20. The molecule has 1 aromatic rings. The van der Waals surface area contributed by atoms with Crippen molar-refractivity contribution in [3.05, 3.63) is 46.6 Å². The Morgan fingerprint density at radius 2 is 1.70 bits per heavy atom. The fourth-order valence-corrected chi connectivity index (χ4v) is 3.06. The Balaban J connectivity index is 0.000000297. The van der Waals surface area contributed by atoms with Crippen LogP contribution in [0.4, 0.5) is 4.79 Å². The molecule has 1 aliphatic carbocycles. The number of aliphatic hydroxyl groups is 1. The Morgan fingerprint density at radius 3 is 2.20 bits per heavy atom. The number of Topliss-reactive ketones (excluding diaryl/α,β-unsaturated/α-hetero) is 1. The smallest absolute Gasteiger partial charge is 0.407 e. The predicted molar refractivity (Wildman–Crippen MR) is 109 cm³/mol. The maximum absolute atomic E-state index is 12.3. The van der Waals surface area contributed by atoms with Gasteiger partial charge in [0.25, 0.3) is 0 Å². The van der Waals surface area contributed by atoms with Crippen LogP contribution in [0.25, 0.3) is 0 Å². The molecule has 1 amide bonds. The van der Waals surface area contributed by atoms with Crippen LogP contribution in [0.5, 0.6) is 11.5 Å². The second-order valence-electron chi connectivity index (χ2n) is 7.20. The van der Waals surface area contributed by atoms with E-state index in [2.05, 4.69) is 5.32 Å². The van der Waals surface area contributed by atoms with Gasteiger partial charge in [0.2, 0.25) is 0 Å². The largest absolute Gasteiger partial charge is 0.507 e. The van der Waals surface area contributed by atoms with E-state index < -0.39 is 23.8 Å². The van der Waals surface area contributed by atoms with Crippen molar-refractivity contribution in [3.8, 4) is 11.5 Å². The Kier molecular flexibility index (Phi) is 7.73. The molecule has 1 aromatic carbocycles. The maximum Gasteiger partial charge on any atom is 0.407 e. The fraction of sp³-hybridized carbons (Fsp3) is 0.381. The molecule has 2 aliphatic rings. The van der Waals surface area contributed by atoms with Crippen molar-refractivity contribution >= 4 is 17.7 Å². The summed E-state index contributed by atoms with van der Waals surface area (Å²) < 4.78 is 0. The van der Waals surface area contributed by atoms with Crippen LogP contribution in [0.1, 0.15) is 41.0 Å². The fourth-order valence-electron chi connectivity index (χ4n) is 3.06. The zero-order valence-electron chi connectivity index (χ0n) is 16.9. The van der Waals surface area contributed by atoms with Crippen molar-refractivity contribution in [1.82, 2.24) is 10.2 Å². The molecule has 1 atom stereocenters. The monoisotopic (exact) mass is 418 g/mol. The molecule has 1 aliphatic heterocycles. The number of hydrogen-bond acceptors (Lipinski definition) is 7. The number of carbonyl (C=O) groups is 3. The number of ketones is 2. The van der Waals surface area contributed by atoms with Crippen molar-refractivity contribution in [2.45, 2.75) is 26.4 Å². The van der Waals surface area contributed by atoms with E-state index in [-0.39, 0.29) is 34.6 Å². The molecule has 1 fully saturated rings. The Labute approximate surface area is 173 Å². The summed E-state index contributed by atoms with van der Waals surface area (Å²) >= 11 is 0. The summed E-state index contributed by atoms with van der Waals surface area (Å²) in [6.07, 6.45) is 1.03. The van der Waals surface area contributed by atoms with Crippen LogP contribution in [-0.2, 0) is 0 Å². The lowest BCUT2D eigenvalue weighted by molar-refractivity contribution is 0.0943. The third kappa shape index (κ3) is 5.46. The molecular weight excluding hydrogens is 392 g/mol. The number of benzene rings is 1. The van der Waals surface area contributed by atoms with Gasteiger partial charge in [-0.25, -0.2) is 4.79 Å². The van der Waals surface area contributed by atoms with Gasteiger partial charge in [0.05, 0.1) is 17.2 Å².